The molecule has 0 fully saturated rings. The molecule has 1 heterocycles. The first-order chi connectivity index (χ1) is 4.84. The Kier molecular flexibility index (Phi) is 2.26. The average Bonchev–Trinajstić information content (AvgIpc) is 1.94. The first-order valence-corrected chi connectivity index (χ1v) is 3.28. The number of allylic oxidation sites excluding steroid dienone is 1. The highest BCUT2D eigenvalue weighted by Crippen LogP contribution is 2.09. The van der Waals surface area contributed by atoms with E-state index in [2.05, 4.69) is 6.58 Å². The molecule has 54 valence electrons. The summed E-state index contributed by atoms with van der Waals surface area (Å²) in [6, 6.07) is 0. The first kappa shape index (κ1) is 7.06. The van der Waals surface area contributed by atoms with E-state index in [4.69, 9.17) is 4.74 Å². The van der Waals surface area contributed by atoms with Gasteiger partial charge >= 0.3 is 0 Å². The van der Waals surface area contributed by atoms with Crippen molar-refractivity contribution in [3.8, 4) is 0 Å². The van der Waals surface area contributed by atoms with E-state index >= 15 is 0 Å². The number of ketones is 1. The van der Waals surface area contributed by atoms with Crippen LogP contribution < -0.4 is 0 Å². The lowest BCUT2D eigenvalue weighted by Crippen LogP contribution is -2.23. The third kappa shape index (κ3) is 1.47. The summed E-state index contributed by atoms with van der Waals surface area (Å²) < 4.78 is 5.03. The molecule has 0 spiro atoms. The molecule has 1 rings (SSSR count). The average molecular weight is 138 g/mol. The molecule has 0 aromatic carbocycles. The minimum atomic E-state index is -0.275. The second-order valence-electron chi connectivity index (χ2n) is 2.19. The molecular weight excluding hydrogens is 128 g/mol. The monoisotopic (exact) mass is 138 g/mol. The van der Waals surface area contributed by atoms with Crippen molar-refractivity contribution in [2.24, 2.45) is 0 Å². The largest absolute Gasteiger partial charge is 0.490 e. The standard InChI is InChI=1S/C8H10O2/c1-2-4-8-7(9)5-3-6-10-8/h2-3,6,8H,1,4-5H2. The maximum Gasteiger partial charge on any atom is 0.177 e. The number of Topliss-reactive ketones (excluding diaryl/α,β-unsaturated/α-hetero) is 1. The highest BCUT2D eigenvalue weighted by molar-refractivity contribution is 5.85. The zero-order chi connectivity index (χ0) is 7.40. The van der Waals surface area contributed by atoms with Gasteiger partial charge < -0.3 is 4.74 Å². The van der Waals surface area contributed by atoms with Gasteiger partial charge in [0.1, 0.15) is 0 Å². The zero-order valence-corrected chi connectivity index (χ0v) is 5.75. The van der Waals surface area contributed by atoms with Crippen molar-refractivity contribution in [3.63, 3.8) is 0 Å². The Morgan fingerprint density at radius 1 is 1.90 bits per heavy atom. The summed E-state index contributed by atoms with van der Waals surface area (Å²) in [6.45, 7) is 3.53. The molecule has 2 nitrogen and oxygen atoms in total. The molecule has 0 saturated carbocycles. The molecule has 1 unspecified atom stereocenters. The van der Waals surface area contributed by atoms with Crippen LogP contribution in [0.5, 0.6) is 0 Å². The number of carbonyl (C=O) groups excluding carboxylic acids is 1. The van der Waals surface area contributed by atoms with Crippen LogP contribution in [-0.4, -0.2) is 11.9 Å². The third-order valence-electron chi connectivity index (χ3n) is 1.40. The molecule has 0 aromatic heterocycles. The lowest BCUT2D eigenvalue weighted by Gasteiger charge is -2.15. The summed E-state index contributed by atoms with van der Waals surface area (Å²) in [7, 11) is 0. The highest BCUT2D eigenvalue weighted by atomic mass is 16.5. The molecule has 0 saturated heterocycles. The Morgan fingerprint density at radius 3 is 3.30 bits per heavy atom. The second-order valence-corrected chi connectivity index (χ2v) is 2.19. The van der Waals surface area contributed by atoms with Gasteiger partial charge in [0.25, 0.3) is 0 Å². The van der Waals surface area contributed by atoms with Gasteiger partial charge in [-0.05, 0) is 6.08 Å². The minimum absolute atomic E-state index is 0.141. The Hall–Kier alpha value is -1.05. The third-order valence-corrected chi connectivity index (χ3v) is 1.40. The molecule has 1 aliphatic heterocycles. The van der Waals surface area contributed by atoms with Crippen molar-refractivity contribution in [2.45, 2.75) is 18.9 Å². The number of hydrogen-bond donors (Lipinski definition) is 0. The van der Waals surface area contributed by atoms with Crippen molar-refractivity contribution < 1.29 is 9.53 Å². The SMILES string of the molecule is C=CCC1OC=CCC1=O. The van der Waals surface area contributed by atoms with Crippen LogP contribution in [0.1, 0.15) is 12.8 Å². The predicted molar refractivity (Wildman–Crippen MR) is 38.5 cm³/mol. The fraction of sp³-hybridized carbons (Fsp3) is 0.375. The number of hydrogen-bond acceptors (Lipinski definition) is 2. The molecule has 0 radical (unpaired) electrons. The van der Waals surface area contributed by atoms with Gasteiger partial charge in [0, 0.05) is 12.8 Å². The predicted octanol–water partition coefficient (Wildman–Crippen LogP) is 1.43. The summed E-state index contributed by atoms with van der Waals surface area (Å²) in [6.07, 6.45) is 5.84. The first-order valence-electron chi connectivity index (χ1n) is 3.28. The normalized spacial score (nSPS) is 24.0. The van der Waals surface area contributed by atoms with Crippen molar-refractivity contribution in [1.29, 1.82) is 0 Å². The maximum atomic E-state index is 11.0. The smallest absolute Gasteiger partial charge is 0.177 e. The fourth-order valence-electron chi connectivity index (χ4n) is 0.860. The zero-order valence-electron chi connectivity index (χ0n) is 5.75. The van der Waals surface area contributed by atoms with E-state index in [1.165, 1.54) is 0 Å². The van der Waals surface area contributed by atoms with Gasteiger partial charge in [-0.3, -0.25) is 4.79 Å². The second kappa shape index (κ2) is 3.20. The summed E-state index contributed by atoms with van der Waals surface area (Å²) in [5.74, 6) is 0.141. The molecule has 0 aromatic rings. The quantitative estimate of drug-likeness (QED) is 0.539. The summed E-state index contributed by atoms with van der Waals surface area (Å²) >= 11 is 0. The van der Waals surface area contributed by atoms with Crippen LogP contribution in [-0.2, 0) is 9.53 Å². The Morgan fingerprint density at radius 2 is 2.70 bits per heavy atom. The summed E-state index contributed by atoms with van der Waals surface area (Å²) in [5.41, 5.74) is 0. The van der Waals surface area contributed by atoms with Crippen molar-refractivity contribution in [2.75, 3.05) is 0 Å². The van der Waals surface area contributed by atoms with Gasteiger partial charge in [0.15, 0.2) is 11.9 Å². The fourth-order valence-corrected chi connectivity index (χ4v) is 0.860. The van der Waals surface area contributed by atoms with Gasteiger partial charge in [-0.2, -0.15) is 0 Å². The summed E-state index contributed by atoms with van der Waals surface area (Å²) in [5, 5.41) is 0. The van der Waals surface area contributed by atoms with E-state index in [0.29, 0.717) is 12.8 Å². The van der Waals surface area contributed by atoms with Crippen LogP contribution >= 0.6 is 0 Å². The van der Waals surface area contributed by atoms with Crippen LogP contribution in [0.15, 0.2) is 25.0 Å². The molecule has 0 bridgehead atoms. The Bertz CT molecular complexity index is 170. The van der Waals surface area contributed by atoms with Gasteiger partial charge in [-0.15, -0.1) is 6.58 Å². The Balaban J connectivity index is 2.50. The summed E-state index contributed by atoms with van der Waals surface area (Å²) in [4.78, 5) is 11.0. The molecule has 1 aliphatic rings. The Labute approximate surface area is 60.2 Å². The van der Waals surface area contributed by atoms with Gasteiger partial charge in [-0.25, -0.2) is 0 Å². The minimum Gasteiger partial charge on any atom is -0.490 e. The van der Waals surface area contributed by atoms with E-state index in [1.807, 2.05) is 0 Å². The molecule has 10 heavy (non-hydrogen) atoms. The number of rotatable bonds is 2. The van der Waals surface area contributed by atoms with E-state index < -0.39 is 0 Å². The molecule has 0 aliphatic carbocycles. The number of carbonyl (C=O) groups is 1. The van der Waals surface area contributed by atoms with Crippen LogP contribution in [0.25, 0.3) is 0 Å². The van der Waals surface area contributed by atoms with Crippen LogP contribution in [0.3, 0.4) is 0 Å². The highest BCUT2D eigenvalue weighted by Gasteiger charge is 2.18. The molecular formula is C8H10O2. The maximum absolute atomic E-state index is 11.0. The van der Waals surface area contributed by atoms with E-state index in [-0.39, 0.29) is 11.9 Å². The van der Waals surface area contributed by atoms with Gasteiger partial charge in [-0.1, -0.05) is 6.08 Å². The van der Waals surface area contributed by atoms with Crippen molar-refractivity contribution >= 4 is 5.78 Å². The van der Waals surface area contributed by atoms with Crippen molar-refractivity contribution in [1.82, 2.24) is 0 Å². The van der Waals surface area contributed by atoms with Crippen LogP contribution in [0.2, 0.25) is 0 Å². The number of ether oxygens (including phenoxy) is 1. The van der Waals surface area contributed by atoms with Gasteiger partial charge in [0.05, 0.1) is 6.26 Å². The van der Waals surface area contributed by atoms with E-state index in [9.17, 15) is 4.79 Å². The van der Waals surface area contributed by atoms with Crippen LogP contribution in [0, 0.1) is 0 Å². The lowest BCUT2D eigenvalue weighted by atomic mass is 10.1. The van der Waals surface area contributed by atoms with E-state index in [1.54, 1.807) is 18.4 Å². The molecule has 1 atom stereocenters. The molecule has 0 amide bonds. The van der Waals surface area contributed by atoms with Crippen LogP contribution in [0.4, 0.5) is 0 Å². The van der Waals surface area contributed by atoms with Crippen molar-refractivity contribution in [3.05, 3.63) is 25.0 Å². The molecule has 2 heteroatoms. The topological polar surface area (TPSA) is 26.3 Å². The van der Waals surface area contributed by atoms with Gasteiger partial charge in [0.2, 0.25) is 0 Å². The molecule has 0 N–H and O–H groups in total. The van der Waals surface area contributed by atoms with E-state index in [0.717, 1.165) is 0 Å². The lowest BCUT2D eigenvalue weighted by molar-refractivity contribution is -0.127.